The van der Waals surface area contributed by atoms with Gasteiger partial charge in [0.05, 0.1) is 6.04 Å². The van der Waals surface area contributed by atoms with Crippen LogP contribution in [-0.2, 0) is 6.42 Å². The molecule has 4 heteroatoms. The number of hydrogen-bond acceptors (Lipinski definition) is 4. The molecule has 110 valence electrons. The molecule has 2 N–H and O–H groups in total. The summed E-state index contributed by atoms with van der Waals surface area (Å²) >= 11 is 0. The fourth-order valence-corrected chi connectivity index (χ4v) is 4.06. The summed E-state index contributed by atoms with van der Waals surface area (Å²) in [5.41, 5.74) is 7.42. The number of rotatable bonds is 4. The average Bonchev–Trinajstić information content (AvgIpc) is 3.24. The molecule has 1 heterocycles. The fourth-order valence-electron chi connectivity index (χ4n) is 4.06. The summed E-state index contributed by atoms with van der Waals surface area (Å²) in [6, 6.07) is 10.00. The van der Waals surface area contributed by atoms with Gasteiger partial charge in [0.2, 0.25) is 5.89 Å². The highest BCUT2D eigenvalue weighted by molar-refractivity contribution is 5.17. The number of benzene rings is 1. The summed E-state index contributed by atoms with van der Waals surface area (Å²) in [5.74, 6) is 3.63. The molecular formula is C17H21N3O. The molecule has 2 fully saturated rings. The molecule has 0 aliphatic heterocycles. The van der Waals surface area contributed by atoms with Gasteiger partial charge in [-0.25, -0.2) is 0 Å². The molecule has 0 amide bonds. The van der Waals surface area contributed by atoms with Crippen LogP contribution in [0, 0.1) is 11.8 Å². The van der Waals surface area contributed by atoms with Gasteiger partial charge in [-0.05, 0) is 43.1 Å². The SMILES string of the molecule is N[C@H](Cc1ccccc1)c1nc(C2CC3CCC2C3)no1. The van der Waals surface area contributed by atoms with E-state index in [1.54, 1.807) is 0 Å². The van der Waals surface area contributed by atoms with Crippen LogP contribution in [0.4, 0.5) is 0 Å². The van der Waals surface area contributed by atoms with E-state index in [1.165, 1.54) is 31.2 Å². The molecule has 0 saturated heterocycles. The van der Waals surface area contributed by atoms with Crippen LogP contribution in [0.25, 0.3) is 0 Å². The second-order valence-electron chi connectivity index (χ2n) is 6.57. The lowest BCUT2D eigenvalue weighted by molar-refractivity contribution is 0.337. The van der Waals surface area contributed by atoms with Gasteiger partial charge in [0.1, 0.15) is 0 Å². The molecule has 4 nitrogen and oxygen atoms in total. The normalized spacial score (nSPS) is 28.9. The lowest BCUT2D eigenvalue weighted by Gasteiger charge is -2.17. The predicted molar refractivity (Wildman–Crippen MR) is 79.6 cm³/mol. The van der Waals surface area contributed by atoms with Crippen molar-refractivity contribution >= 4 is 0 Å². The number of hydrogen-bond donors (Lipinski definition) is 1. The fraction of sp³-hybridized carbons (Fsp3) is 0.529. The van der Waals surface area contributed by atoms with Gasteiger partial charge >= 0.3 is 0 Å². The average molecular weight is 283 g/mol. The highest BCUT2D eigenvalue weighted by atomic mass is 16.5. The van der Waals surface area contributed by atoms with Gasteiger partial charge in [0, 0.05) is 5.92 Å². The molecule has 21 heavy (non-hydrogen) atoms. The maximum absolute atomic E-state index is 6.22. The van der Waals surface area contributed by atoms with E-state index < -0.39 is 0 Å². The Kier molecular flexibility index (Phi) is 3.26. The first-order valence-corrected chi connectivity index (χ1v) is 7.92. The van der Waals surface area contributed by atoms with Crippen molar-refractivity contribution in [3.63, 3.8) is 0 Å². The highest BCUT2D eigenvalue weighted by Gasteiger charge is 2.42. The summed E-state index contributed by atoms with van der Waals surface area (Å²) in [5, 5.41) is 4.21. The van der Waals surface area contributed by atoms with Gasteiger partial charge in [-0.3, -0.25) is 0 Å². The Balaban J connectivity index is 1.47. The zero-order valence-electron chi connectivity index (χ0n) is 12.1. The molecular weight excluding hydrogens is 262 g/mol. The van der Waals surface area contributed by atoms with Crippen molar-refractivity contribution in [3.8, 4) is 0 Å². The number of fused-ring (bicyclic) bond motifs is 2. The maximum Gasteiger partial charge on any atom is 0.243 e. The first-order chi connectivity index (χ1) is 10.3. The monoisotopic (exact) mass is 283 g/mol. The molecule has 2 saturated carbocycles. The van der Waals surface area contributed by atoms with E-state index in [2.05, 4.69) is 22.3 Å². The Morgan fingerprint density at radius 1 is 1.19 bits per heavy atom. The van der Waals surface area contributed by atoms with Gasteiger partial charge in [-0.15, -0.1) is 0 Å². The molecule has 4 atom stereocenters. The molecule has 2 aliphatic carbocycles. The number of nitrogens with zero attached hydrogens (tertiary/aromatic N) is 2. The van der Waals surface area contributed by atoms with Crippen LogP contribution < -0.4 is 5.73 Å². The minimum absolute atomic E-state index is 0.216. The predicted octanol–water partition coefficient (Wildman–Crippen LogP) is 3.22. The standard InChI is InChI=1S/C17H21N3O/c18-15(10-11-4-2-1-3-5-11)17-19-16(20-21-17)14-9-12-6-7-13(14)8-12/h1-5,12-15H,6-10,18H2/t12?,13?,14?,15-/m1/s1. The molecule has 0 radical (unpaired) electrons. The second kappa shape index (κ2) is 5.26. The minimum Gasteiger partial charge on any atom is -0.338 e. The van der Waals surface area contributed by atoms with Crippen LogP contribution in [0.15, 0.2) is 34.9 Å². The van der Waals surface area contributed by atoms with E-state index >= 15 is 0 Å². The largest absolute Gasteiger partial charge is 0.338 e. The molecule has 2 bridgehead atoms. The van der Waals surface area contributed by atoms with Gasteiger partial charge in [0.25, 0.3) is 0 Å². The van der Waals surface area contributed by atoms with Gasteiger partial charge in [-0.2, -0.15) is 4.98 Å². The zero-order valence-corrected chi connectivity index (χ0v) is 12.1. The van der Waals surface area contributed by atoms with Crippen molar-refractivity contribution in [2.75, 3.05) is 0 Å². The third-order valence-electron chi connectivity index (χ3n) is 5.14. The molecule has 3 unspecified atom stereocenters. The summed E-state index contributed by atoms with van der Waals surface area (Å²) in [7, 11) is 0. The van der Waals surface area contributed by atoms with Crippen molar-refractivity contribution < 1.29 is 4.52 Å². The van der Waals surface area contributed by atoms with Crippen molar-refractivity contribution in [3.05, 3.63) is 47.6 Å². The van der Waals surface area contributed by atoms with Gasteiger partial charge < -0.3 is 10.3 Å². The Bertz CT molecular complexity index is 610. The first kappa shape index (κ1) is 13.0. The molecule has 0 spiro atoms. The topological polar surface area (TPSA) is 64.9 Å². The van der Waals surface area contributed by atoms with Gasteiger partial charge in [-0.1, -0.05) is 41.9 Å². The quantitative estimate of drug-likeness (QED) is 0.935. The van der Waals surface area contributed by atoms with Crippen LogP contribution in [-0.4, -0.2) is 10.1 Å². The molecule has 1 aromatic carbocycles. The van der Waals surface area contributed by atoms with Crippen molar-refractivity contribution in [2.45, 2.75) is 44.1 Å². The zero-order chi connectivity index (χ0) is 14.2. The summed E-state index contributed by atoms with van der Waals surface area (Å²) in [6.45, 7) is 0. The Hall–Kier alpha value is -1.68. The van der Waals surface area contributed by atoms with Crippen LogP contribution in [0.3, 0.4) is 0 Å². The van der Waals surface area contributed by atoms with E-state index in [4.69, 9.17) is 10.3 Å². The maximum atomic E-state index is 6.22. The first-order valence-electron chi connectivity index (χ1n) is 7.92. The molecule has 2 aliphatic rings. The van der Waals surface area contributed by atoms with E-state index in [-0.39, 0.29) is 6.04 Å². The van der Waals surface area contributed by atoms with Gasteiger partial charge in [0.15, 0.2) is 5.82 Å². The smallest absolute Gasteiger partial charge is 0.243 e. The lowest BCUT2D eigenvalue weighted by Crippen LogP contribution is -2.14. The minimum atomic E-state index is -0.216. The van der Waals surface area contributed by atoms with Crippen LogP contribution >= 0.6 is 0 Å². The Labute approximate surface area is 124 Å². The van der Waals surface area contributed by atoms with Crippen LogP contribution in [0.2, 0.25) is 0 Å². The molecule has 1 aromatic heterocycles. The van der Waals surface area contributed by atoms with E-state index in [0.29, 0.717) is 11.8 Å². The van der Waals surface area contributed by atoms with Crippen molar-refractivity contribution in [1.82, 2.24) is 10.1 Å². The Morgan fingerprint density at radius 2 is 2.05 bits per heavy atom. The van der Waals surface area contributed by atoms with E-state index in [9.17, 15) is 0 Å². The van der Waals surface area contributed by atoms with Crippen LogP contribution in [0.1, 0.15) is 54.9 Å². The van der Waals surface area contributed by atoms with E-state index in [0.717, 1.165) is 24.1 Å². The number of aromatic nitrogens is 2. The van der Waals surface area contributed by atoms with Crippen molar-refractivity contribution in [1.29, 1.82) is 0 Å². The summed E-state index contributed by atoms with van der Waals surface area (Å²) in [4.78, 5) is 4.60. The third-order valence-corrected chi connectivity index (χ3v) is 5.14. The third kappa shape index (κ3) is 2.48. The van der Waals surface area contributed by atoms with E-state index in [1.807, 2.05) is 18.2 Å². The van der Waals surface area contributed by atoms with Crippen LogP contribution in [0.5, 0.6) is 0 Å². The molecule has 4 rings (SSSR count). The number of nitrogens with two attached hydrogens (primary N) is 1. The highest BCUT2D eigenvalue weighted by Crippen LogP contribution is 2.52. The molecule has 2 aromatic rings. The summed E-state index contributed by atoms with van der Waals surface area (Å²) < 4.78 is 5.43. The lowest BCUT2D eigenvalue weighted by atomic mass is 9.88. The summed E-state index contributed by atoms with van der Waals surface area (Å²) in [6.07, 6.45) is 6.04. The second-order valence-corrected chi connectivity index (χ2v) is 6.57. The Morgan fingerprint density at radius 3 is 2.76 bits per heavy atom. The van der Waals surface area contributed by atoms with Crippen molar-refractivity contribution in [2.24, 2.45) is 17.6 Å².